The summed E-state index contributed by atoms with van der Waals surface area (Å²) in [6.45, 7) is 0. The molecule has 2 aliphatic rings. The summed E-state index contributed by atoms with van der Waals surface area (Å²) in [6, 6.07) is 0. The molecule has 0 unspecified atom stereocenters. The van der Waals surface area contributed by atoms with Crippen molar-refractivity contribution < 1.29 is 16.5 Å². The van der Waals surface area contributed by atoms with Gasteiger partial charge in [-0.25, -0.2) is 0 Å². The van der Waals surface area contributed by atoms with Gasteiger partial charge in [-0.2, -0.15) is 0 Å². The van der Waals surface area contributed by atoms with Gasteiger partial charge in [0.15, 0.2) is 0 Å². The average Bonchev–Trinajstić information content (AvgIpc) is 2.21. The molecule has 0 nitrogen and oxygen atoms in total. The fourth-order valence-electron chi connectivity index (χ4n) is 2.87. The van der Waals surface area contributed by atoms with Crippen LogP contribution in [0.4, 0.5) is 0 Å². The second-order valence-corrected chi connectivity index (χ2v) is 6.80. The van der Waals surface area contributed by atoms with Crippen LogP contribution < -0.4 is 0 Å². The fraction of sp³-hybridized carbons (Fsp3) is 1.00. The van der Waals surface area contributed by atoms with Gasteiger partial charge in [-0.1, -0.05) is 38.5 Å². The molecule has 2 saturated carbocycles. The van der Waals surface area contributed by atoms with Crippen LogP contribution in [0.1, 0.15) is 64.2 Å². The largest absolute Gasteiger partial charge is 0.116 e. The Hall–Kier alpha value is 0.924. The number of hydrogen-bond acceptors (Lipinski definition) is 0. The summed E-state index contributed by atoms with van der Waals surface area (Å²) in [6.07, 6.45) is 15.4. The van der Waals surface area contributed by atoms with Crippen molar-refractivity contribution in [2.75, 3.05) is 0 Å². The summed E-state index contributed by atoms with van der Waals surface area (Å²) in [7, 11) is 1.33. The van der Waals surface area contributed by atoms with Crippen LogP contribution in [0.25, 0.3) is 0 Å². The van der Waals surface area contributed by atoms with Crippen molar-refractivity contribution in [2.45, 2.75) is 75.5 Å². The first-order chi connectivity index (χ1) is 6.45. The molecule has 2 fully saturated rings. The van der Waals surface area contributed by atoms with Crippen LogP contribution in [0.5, 0.6) is 0 Å². The van der Waals surface area contributed by atoms with Crippen LogP contribution >= 0.6 is 8.58 Å². The number of rotatable bonds is 2. The first kappa shape index (κ1) is 13.0. The van der Waals surface area contributed by atoms with Crippen LogP contribution in [-0.4, -0.2) is 11.3 Å². The topological polar surface area (TPSA) is 0 Å². The first-order valence-corrected chi connectivity index (χ1v) is 7.37. The van der Waals surface area contributed by atoms with E-state index in [0.29, 0.717) is 0 Å². The molecule has 2 aliphatic carbocycles. The third-order valence-corrected chi connectivity index (χ3v) is 5.78. The SMILES string of the molecule is C1CCC(PC2CCCCC2)CC1.[Ni]. The minimum atomic E-state index is 0. The second kappa shape index (κ2) is 7.24. The molecule has 0 amide bonds. The standard InChI is InChI=1S/C12H23P.Ni/c1-3-7-11(8-4-1)13-12-9-5-2-6-10-12;/h11-13H,1-10H2;. The van der Waals surface area contributed by atoms with E-state index in [1.54, 1.807) is 25.7 Å². The summed E-state index contributed by atoms with van der Waals surface area (Å²) in [5, 5.41) is 0. The van der Waals surface area contributed by atoms with Gasteiger partial charge in [0.25, 0.3) is 0 Å². The maximum Gasteiger partial charge on any atom is 0 e. The first-order valence-electron chi connectivity index (χ1n) is 6.21. The Morgan fingerprint density at radius 1 is 0.571 bits per heavy atom. The van der Waals surface area contributed by atoms with E-state index < -0.39 is 0 Å². The molecule has 0 aromatic carbocycles. The van der Waals surface area contributed by atoms with Crippen molar-refractivity contribution in [1.29, 1.82) is 0 Å². The van der Waals surface area contributed by atoms with Crippen molar-refractivity contribution in [3.63, 3.8) is 0 Å². The zero-order chi connectivity index (χ0) is 8.93. The van der Waals surface area contributed by atoms with Crippen molar-refractivity contribution in [2.24, 2.45) is 0 Å². The molecule has 0 atom stereocenters. The van der Waals surface area contributed by atoms with Gasteiger partial charge in [0, 0.05) is 16.5 Å². The van der Waals surface area contributed by atoms with E-state index in [-0.39, 0.29) is 16.5 Å². The van der Waals surface area contributed by atoms with Crippen LogP contribution in [0.15, 0.2) is 0 Å². The molecular weight excluding hydrogens is 234 g/mol. The summed E-state index contributed by atoms with van der Waals surface area (Å²) in [4.78, 5) is 0. The molecule has 0 radical (unpaired) electrons. The normalized spacial score (nSPS) is 25.7. The molecule has 2 heteroatoms. The third-order valence-electron chi connectivity index (χ3n) is 3.68. The minimum absolute atomic E-state index is 0. The Morgan fingerprint density at radius 2 is 0.929 bits per heavy atom. The van der Waals surface area contributed by atoms with Gasteiger partial charge in [0.1, 0.15) is 0 Å². The Kier molecular flexibility index (Phi) is 6.72. The van der Waals surface area contributed by atoms with Gasteiger partial charge >= 0.3 is 0 Å². The zero-order valence-electron chi connectivity index (χ0n) is 9.04. The molecule has 2 rings (SSSR count). The predicted molar refractivity (Wildman–Crippen MR) is 62.1 cm³/mol. The zero-order valence-corrected chi connectivity index (χ0v) is 11.0. The smallest absolute Gasteiger partial charge is 0 e. The van der Waals surface area contributed by atoms with Gasteiger partial charge in [0.05, 0.1) is 0 Å². The van der Waals surface area contributed by atoms with E-state index in [1.165, 1.54) is 47.1 Å². The van der Waals surface area contributed by atoms with Crippen LogP contribution in [-0.2, 0) is 16.5 Å². The average molecular weight is 257 g/mol. The Morgan fingerprint density at radius 3 is 1.29 bits per heavy atom. The molecule has 0 heterocycles. The van der Waals surface area contributed by atoms with Crippen LogP contribution in [0.3, 0.4) is 0 Å². The van der Waals surface area contributed by atoms with E-state index in [2.05, 4.69) is 0 Å². The molecular formula is C12H23NiP. The summed E-state index contributed by atoms with van der Waals surface area (Å²) >= 11 is 0. The van der Waals surface area contributed by atoms with Crippen LogP contribution in [0, 0.1) is 0 Å². The summed E-state index contributed by atoms with van der Waals surface area (Å²) in [5.74, 6) is 0. The molecule has 0 aliphatic heterocycles. The van der Waals surface area contributed by atoms with Crippen LogP contribution in [0.2, 0.25) is 0 Å². The van der Waals surface area contributed by atoms with Gasteiger partial charge in [-0.05, 0) is 37.0 Å². The van der Waals surface area contributed by atoms with E-state index in [0.717, 1.165) is 11.3 Å². The predicted octanol–water partition coefficient (Wildman–Crippen LogP) is 4.33. The number of hydrogen-bond donors (Lipinski definition) is 0. The molecule has 0 spiro atoms. The van der Waals surface area contributed by atoms with Gasteiger partial charge in [0.2, 0.25) is 0 Å². The van der Waals surface area contributed by atoms with Gasteiger partial charge in [-0.3, -0.25) is 0 Å². The molecule has 14 heavy (non-hydrogen) atoms. The van der Waals surface area contributed by atoms with E-state index >= 15 is 0 Å². The second-order valence-electron chi connectivity index (χ2n) is 4.84. The molecule has 0 saturated heterocycles. The van der Waals surface area contributed by atoms with Crippen molar-refractivity contribution in [1.82, 2.24) is 0 Å². The molecule has 0 aromatic rings. The van der Waals surface area contributed by atoms with Gasteiger partial charge < -0.3 is 0 Å². The quantitative estimate of drug-likeness (QED) is 0.510. The maximum absolute atomic E-state index is 1.56. The molecule has 0 aromatic heterocycles. The molecule has 0 N–H and O–H groups in total. The van der Waals surface area contributed by atoms with Crippen molar-refractivity contribution >= 4 is 8.58 Å². The molecule has 0 bridgehead atoms. The third kappa shape index (κ3) is 4.20. The van der Waals surface area contributed by atoms with Crippen molar-refractivity contribution in [3.05, 3.63) is 0 Å². The fourth-order valence-corrected chi connectivity index (χ4v) is 5.02. The Labute approximate surface area is 101 Å². The van der Waals surface area contributed by atoms with Gasteiger partial charge in [-0.15, -0.1) is 8.58 Å². The van der Waals surface area contributed by atoms with E-state index in [1.807, 2.05) is 0 Å². The molecule has 86 valence electrons. The van der Waals surface area contributed by atoms with E-state index in [4.69, 9.17) is 0 Å². The summed E-state index contributed by atoms with van der Waals surface area (Å²) in [5.41, 5.74) is 2.30. The monoisotopic (exact) mass is 256 g/mol. The summed E-state index contributed by atoms with van der Waals surface area (Å²) < 4.78 is 0. The van der Waals surface area contributed by atoms with E-state index in [9.17, 15) is 0 Å². The maximum atomic E-state index is 1.56. The minimum Gasteiger partial charge on any atom is -0.116 e. The Balaban J connectivity index is 0.000000980. The Bertz CT molecular complexity index is 121. The van der Waals surface area contributed by atoms with Crippen molar-refractivity contribution in [3.8, 4) is 0 Å².